The Labute approximate surface area is 126 Å². The highest BCUT2D eigenvalue weighted by molar-refractivity contribution is 9.12. The fourth-order valence-corrected chi connectivity index (χ4v) is 1.81. The van der Waals surface area contributed by atoms with Crippen molar-refractivity contribution in [2.75, 3.05) is 20.3 Å². The molecule has 0 radical (unpaired) electrons. The summed E-state index contributed by atoms with van der Waals surface area (Å²) in [5, 5.41) is 8.97. The first-order chi connectivity index (χ1) is 9.67. The second kappa shape index (κ2) is 9.08. The van der Waals surface area contributed by atoms with Crippen LogP contribution < -0.4 is 0 Å². The van der Waals surface area contributed by atoms with Gasteiger partial charge in [-0.2, -0.15) is 5.26 Å². The van der Waals surface area contributed by atoms with Crippen LogP contribution in [0.1, 0.15) is 5.56 Å². The van der Waals surface area contributed by atoms with Gasteiger partial charge in [-0.05, 0) is 17.7 Å². The summed E-state index contributed by atoms with van der Waals surface area (Å²) in [4.78, 5) is 11.6. The second-order valence-corrected chi connectivity index (χ2v) is 4.65. The highest BCUT2D eigenvalue weighted by Crippen LogP contribution is 2.15. The number of benzene rings is 1. The van der Waals surface area contributed by atoms with Crippen LogP contribution >= 0.6 is 15.9 Å². The summed E-state index contributed by atoms with van der Waals surface area (Å²) >= 11 is 3.31. The third-order valence-corrected chi connectivity index (χ3v) is 2.71. The molecule has 1 aromatic carbocycles. The van der Waals surface area contributed by atoms with E-state index in [-0.39, 0.29) is 12.2 Å². The normalized spacial score (nSPS) is 11.8. The van der Waals surface area contributed by atoms with Crippen LogP contribution in [0, 0.1) is 11.3 Å². The van der Waals surface area contributed by atoms with Gasteiger partial charge in [-0.25, -0.2) is 4.79 Å². The zero-order valence-electron chi connectivity index (χ0n) is 11.0. The molecule has 0 fully saturated rings. The molecule has 0 atom stereocenters. The van der Waals surface area contributed by atoms with Crippen molar-refractivity contribution in [3.8, 4) is 6.07 Å². The first-order valence-corrected chi connectivity index (χ1v) is 6.66. The maximum Gasteiger partial charge on any atom is 0.349 e. The topological polar surface area (TPSA) is 59.3 Å². The maximum atomic E-state index is 11.6. The molecule has 1 aromatic rings. The molecule has 0 saturated heterocycles. The molecule has 0 heterocycles. The number of hydrogen-bond acceptors (Lipinski definition) is 4. The number of esters is 1. The van der Waals surface area contributed by atoms with Gasteiger partial charge in [0.15, 0.2) is 0 Å². The average molecular weight is 336 g/mol. The lowest BCUT2D eigenvalue weighted by atomic mass is 10.2. The molecule has 0 unspecified atom stereocenters. The molecule has 0 bridgehead atoms. The summed E-state index contributed by atoms with van der Waals surface area (Å²) in [5.74, 6) is -0.664. The number of allylic oxidation sites excluding steroid dienone is 2. The lowest BCUT2D eigenvalue weighted by Gasteiger charge is -2.02. The van der Waals surface area contributed by atoms with Crippen molar-refractivity contribution >= 4 is 28.0 Å². The fraction of sp³-hybridized carbons (Fsp3) is 0.200. The summed E-state index contributed by atoms with van der Waals surface area (Å²) in [7, 11) is 1.51. The van der Waals surface area contributed by atoms with E-state index in [1.165, 1.54) is 13.2 Å². The third kappa shape index (κ3) is 5.83. The zero-order chi connectivity index (χ0) is 14.8. The Morgan fingerprint density at radius 1 is 1.35 bits per heavy atom. The number of nitrogens with zero attached hydrogens (tertiary/aromatic N) is 1. The molecule has 4 nitrogen and oxygen atoms in total. The monoisotopic (exact) mass is 335 g/mol. The van der Waals surface area contributed by atoms with Crippen molar-refractivity contribution < 1.29 is 14.3 Å². The van der Waals surface area contributed by atoms with E-state index >= 15 is 0 Å². The van der Waals surface area contributed by atoms with E-state index in [4.69, 9.17) is 14.7 Å². The number of methoxy groups -OCH3 is 1. The van der Waals surface area contributed by atoms with Crippen molar-refractivity contribution in [3.63, 3.8) is 0 Å². The first-order valence-electron chi connectivity index (χ1n) is 5.87. The van der Waals surface area contributed by atoms with Gasteiger partial charge in [-0.3, -0.25) is 0 Å². The van der Waals surface area contributed by atoms with E-state index in [1.807, 2.05) is 36.4 Å². The van der Waals surface area contributed by atoms with Crippen LogP contribution in [0.3, 0.4) is 0 Å². The molecule has 0 N–H and O–H groups in total. The minimum absolute atomic E-state index is 0.0693. The number of carbonyl (C=O) groups excluding carboxylic acids is 1. The van der Waals surface area contributed by atoms with Crippen LogP contribution in [-0.2, 0) is 14.3 Å². The smallest absolute Gasteiger partial charge is 0.349 e. The summed E-state index contributed by atoms with van der Waals surface area (Å²) in [5.41, 5.74) is 0.890. The molecule has 0 aromatic heterocycles. The van der Waals surface area contributed by atoms with Crippen molar-refractivity contribution in [3.05, 3.63) is 52.0 Å². The van der Waals surface area contributed by atoms with Crippen molar-refractivity contribution in [2.24, 2.45) is 0 Å². The Bertz CT molecular complexity index is 544. The molecule has 5 heteroatoms. The summed E-state index contributed by atoms with van der Waals surface area (Å²) in [6.45, 7) is 0.417. The largest absolute Gasteiger partial charge is 0.459 e. The number of nitriles is 1. The number of rotatable bonds is 6. The van der Waals surface area contributed by atoms with E-state index < -0.39 is 5.97 Å². The lowest BCUT2D eigenvalue weighted by Crippen LogP contribution is -2.11. The molecule has 0 aliphatic heterocycles. The van der Waals surface area contributed by atoms with Gasteiger partial charge in [-0.15, -0.1) is 0 Å². The minimum atomic E-state index is -0.664. The molecule has 0 aliphatic carbocycles. The van der Waals surface area contributed by atoms with Gasteiger partial charge < -0.3 is 9.47 Å². The highest BCUT2D eigenvalue weighted by Gasteiger charge is 2.10. The third-order valence-electron chi connectivity index (χ3n) is 2.25. The van der Waals surface area contributed by atoms with Gasteiger partial charge >= 0.3 is 5.97 Å². The molecule has 0 spiro atoms. The number of ether oxygens (including phenoxy) is 2. The van der Waals surface area contributed by atoms with E-state index in [1.54, 1.807) is 6.08 Å². The Kier molecular flexibility index (Phi) is 7.33. The predicted octanol–water partition coefficient (Wildman–Crippen LogP) is 3.06. The van der Waals surface area contributed by atoms with Crippen molar-refractivity contribution in [1.29, 1.82) is 5.26 Å². The van der Waals surface area contributed by atoms with E-state index in [9.17, 15) is 4.79 Å². The molecular formula is C15H14BrNO3. The van der Waals surface area contributed by atoms with Crippen LogP contribution in [0.4, 0.5) is 0 Å². The summed E-state index contributed by atoms with van der Waals surface area (Å²) in [6, 6.07) is 11.4. The maximum absolute atomic E-state index is 11.6. The molecule has 0 amide bonds. The van der Waals surface area contributed by atoms with Crippen LogP contribution in [-0.4, -0.2) is 26.3 Å². The van der Waals surface area contributed by atoms with E-state index in [0.29, 0.717) is 11.1 Å². The van der Waals surface area contributed by atoms with Crippen LogP contribution in [0.5, 0.6) is 0 Å². The highest BCUT2D eigenvalue weighted by atomic mass is 79.9. The van der Waals surface area contributed by atoms with Gasteiger partial charge in [0.1, 0.15) is 18.2 Å². The Balaban J connectivity index is 2.76. The summed E-state index contributed by atoms with van der Waals surface area (Å²) < 4.78 is 10.3. The SMILES string of the molecule is COCCOC(=O)/C(C#N)=C/C(Br)=C/c1ccccc1. The molecule has 0 saturated carbocycles. The standard InChI is InChI=1S/C15H14BrNO3/c1-19-7-8-20-15(18)13(11-17)10-14(16)9-12-5-3-2-4-6-12/h2-6,9-10H,7-8H2,1H3/b13-10+,14-9-. The van der Waals surface area contributed by atoms with Crippen molar-refractivity contribution in [1.82, 2.24) is 0 Å². The molecule has 0 aliphatic rings. The average Bonchev–Trinajstić information content (AvgIpc) is 2.46. The van der Waals surface area contributed by atoms with Gasteiger partial charge in [0, 0.05) is 11.6 Å². The molecular weight excluding hydrogens is 322 g/mol. The fourth-order valence-electron chi connectivity index (χ4n) is 1.32. The Hall–Kier alpha value is -1.90. The number of hydrogen-bond donors (Lipinski definition) is 0. The number of halogens is 1. The Morgan fingerprint density at radius 3 is 2.65 bits per heavy atom. The molecule has 1 rings (SSSR count). The van der Waals surface area contributed by atoms with Crippen LogP contribution in [0.25, 0.3) is 6.08 Å². The van der Waals surface area contributed by atoms with E-state index in [2.05, 4.69) is 15.9 Å². The van der Waals surface area contributed by atoms with Gasteiger partial charge in [0.2, 0.25) is 0 Å². The van der Waals surface area contributed by atoms with Crippen molar-refractivity contribution in [2.45, 2.75) is 0 Å². The first kappa shape index (κ1) is 16.2. The van der Waals surface area contributed by atoms with Gasteiger partial charge in [-0.1, -0.05) is 46.3 Å². The van der Waals surface area contributed by atoms with Crippen LogP contribution in [0.2, 0.25) is 0 Å². The minimum Gasteiger partial charge on any atom is -0.459 e. The lowest BCUT2D eigenvalue weighted by molar-refractivity contribution is -0.139. The second-order valence-electron chi connectivity index (χ2n) is 3.74. The van der Waals surface area contributed by atoms with E-state index in [0.717, 1.165) is 5.56 Å². The number of carbonyl (C=O) groups is 1. The predicted molar refractivity (Wildman–Crippen MR) is 79.9 cm³/mol. The molecule has 104 valence electrons. The zero-order valence-corrected chi connectivity index (χ0v) is 12.6. The van der Waals surface area contributed by atoms with Gasteiger partial charge in [0.05, 0.1) is 6.61 Å². The summed E-state index contributed by atoms with van der Waals surface area (Å²) in [6.07, 6.45) is 3.24. The van der Waals surface area contributed by atoms with Crippen LogP contribution in [0.15, 0.2) is 46.5 Å². The molecule has 20 heavy (non-hydrogen) atoms. The quantitative estimate of drug-likeness (QED) is 0.263. The van der Waals surface area contributed by atoms with Gasteiger partial charge in [0.25, 0.3) is 0 Å². The Morgan fingerprint density at radius 2 is 2.05 bits per heavy atom.